The molecule has 0 radical (unpaired) electrons. The van der Waals surface area contributed by atoms with Gasteiger partial charge in [0.25, 0.3) is 0 Å². The van der Waals surface area contributed by atoms with E-state index in [0.29, 0.717) is 0 Å². The number of carbonyl (C=O) groups excluding carboxylic acids is 1. The van der Waals surface area contributed by atoms with Crippen LogP contribution in [0.3, 0.4) is 0 Å². The van der Waals surface area contributed by atoms with Crippen molar-refractivity contribution in [2.24, 2.45) is 5.92 Å². The summed E-state index contributed by atoms with van der Waals surface area (Å²) in [6.45, 7) is 7.11. The van der Waals surface area contributed by atoms with Crippen molar-refractivity contribution in [1.82, 2.24) is 5.32 Å². The van der Waals surface area contributed by atoms with Crippen LogP contribution in [0.4, 0.5) is 0 Å². The Labute approximate surface area is 87.2 Å². The highest BCUT2D eigenvalue weighted by Gasteiger charge is 2.21. The average molecular weight is 201 g/mol. The highest BCUT2D eigenvalue weighted by molar-refractivity contribution is 5.75. The minimum Gasteiger partial charge on any atom is -0.468 e. The molecular weight excluding hydrogens is 178 g/mol. The lowest BCUT2D eigenvalue weighted by molar-refractivity contribution is -0.144. The molecule has 0 aromatic carbocycles. The number of hydrogen-bond donors (Lipinski definition) is 1. The number of rotatable bonds is 7. The van der Waals surface area contributed by atoms with Gasteiger partial charge in [-0.25, -0.2) is 0 Å². The second kappa shape index (κ2) is 7.80. The SMILES string of the molecule is CCCCCN[C@H](C(=O)OC)C(C)C. The second-order valence-electron chi connectivity index (χ2n) is 3.91. The number of esters is 1. The molecule has 14 heavy (non-hydrogen) atoms. The predicted octanol–water partition coefficient (Wildman–Crippen LogP) is 1.96. The molecule has 0 saturated carbocycles. The zero-order chi connectivity index (χ0) is 11.0. The lowest BCUT2D eigenvalue weighted by atomic mass is 10.0. The first-order valence-corrected chi connectivity index (χ1v) is 5.44. The lowest BCUT2D eigenvalue weighted by Crippen LogP contribution is -2.42. The highest BCUT2D eigenvalue weighted by atomic mass is 16.5. The van der Waals surface area contributed by atoms with Crippen molar-refractivity contribution < 1.29 is 9.53 Å². The van der Waals surface area contributed by atoms with Crippen LogP contribution in [0, 0.1) is 5.92 Å². The summed E-state index contributed by atoms with van der Waals surface area (Å²) in [5.74, 6) is 0.126. The van der Waals surface area contributed by atoms with Gasteiger partial charge in [-0.15, -0.1) is 0 Å². The van der Waals surface area contributed by atoms with Crippen molar-refractivity contribution in [1.29, 1.82) is 0 Å². The third-order valence-electron chi connectivity index (χ3n) is 2.27. The average Bonchev–Trinajstić information content (AvgIpc) is 2.16. The van der Waals surface area contributed by atoms with E-state index in [-0.39, 0.29) is 17.9 Å². The van der Waals surface area contributed by atoms with E-state index in [2.05, 4.69) is 12.2 Å². The molecule has 0 fully saturated rings. The third kappa shape index (κ3) is 5.22. The Morgan fingerprint density at radius 3 is 2.43 bits per heavy atom. The number of hydrogen-bond acceptors (Lipinski definition) is 3. The Morgan fingerprint density at radius 2 is 2.00 bits per heavy atom. The third-order valence-corrected chi connectivity index (χ3v) is 2.27. The van der Waals surface area contributed by atoms with Crippen LogP contribution in [0.15, 0.2) is 0 Å². The standard InChI is InChI=1S/C11H23NO2/c1-5-6-7-8-12-10(9(2)3)11(13)14-4/h9-10,12H,5-8H2,1-4H3/t10-/m0/s1. The largest absolute Gasteiger partial charge is 0.468 e. The topological polar surface area (TPSA) is 38.3 Å². The van der Waals surface area contributed by atoms with Gasteiger partial charge in [0.2, 0.25) is 0 Å². The van der Waals surface area contributed by atoms with E-state index in [9.17, 15) is 4.79 Å². The molecule has 0 spiro atoms. The summed E-state index contributed by atoms with van der Waals surface area (Å²) in [7, 11) is 1.44. The molecule has 3 heteroatoms. The van der Waals surface area contributed by atoms with Gasteiger partial charge in [-0.1, -0.05) is 33.6 Å². The van der Waals surface area contributed by atoms with Gasteiger partial charge in [0.15, 0.2) is 0 Å². The van der Waals surface area contributed by atoms with Gasteiger partial charge in [0, 0.05) is 0 Å². The summed E-state index contributed by atoms with van der Waals surface area (Å²) >= 11 is 0. The number of ether oxygens (including phenoxy) is 1. The van der Waals surface area contributed by atoms with E-state index in [1.54, 1.807) is 0 Å². The highest BCUT2D eigenvalue weighted by Crippen LogP contribution is 2.04. The van der Waals surface area contributed by atoms with E-state index in [1.807, 2.05) is 13.8 Å². The molecule has 84 valence electrons. The van der Waals surface area contributed by atoms with Crippen LogP contribution < -0.4 is 5.32 Å². The number of carbonyl (C=O) groups is 1. The maximum Gasteiger partial charge on any atom is 0.323 e. The molecule has 1 atom stereocenters. The molecule has 0 bridgehead atoms. The van der Waals surface area contributed by atoms with Crippen molar-refractivity contribution in [3.8, 4) is 0 Å². The van der Waals surface area contributed by atoms with Crippen LogP contribution in [0.2, 0.25) is 0 Å². The Kier molecular flexibility index (Phi) is 7.48. The van der Waals surface area contributed by atoms with Crippen LogP contribution in [-0.4, -0.2) is 25.7 Å². The van der Waals surface area contributed by atoms with Crippen molar-refractivity contribution >= 4 is 5.97 Å². The molecule has 0 heterocycles. The second-order valence-corrected chi connectivity index (χ2v) is 3.91. The first kappa shape index (κ1) is 13.4. The predicted molar refractivity (Wildman–Crippen MR) is 58.2 cm³/mol. The molecule has 0 unspecified atom stereocenters. The Balaban J connectivity index is 3.80. The first-order chi connectivity index (χ1) is 6.63. The monoisotopic (exact) mass is 201 g/mol. The summed E-state index contributed by atoms with van der Waals surface area (Å²) in [4.78, 5) is 11.3. The van der Waals surface area contributed by atoms with Crippen LogP contribution in [0.1, 0.15) is 40.0 Å². The zero-order valence-electron chi connectivity index (χ0n) is 9.80. The molecule has 0 aliphatic rings. The van der Waals surface area contributed by atoms with Crippen molar-refractivity contribution in [2.45, 2.75) is 46.1 Å². The Morgan fingerprint density at radius 1 is 1.36 bits per heavy atom. The normalized spacial score (nSPS) is 12.9. The van der Waals surface area contributed by atoms with Crippen LogP contribution in [0.5, 0.6) is 0 Å². The fraction of sp³-hybridized carbons (Fsp3) is 0.909. The van der Waals surface area contributed by atoms with Crippen LogP contribution >= 0.6 is 0 Å². The summed E-state index contributed by atoms with van der Waals surface area (Å²) in [6, 6.07) is -0.156. The van der Waals surface area contributed by atoms with E-state index >= 15 is 0 Å². The molecule has 0 aliphatic heterocycles. The van der Waals surface area contributed by atoms with Gasteiger partial charge in [-0.05, 0) is 18.9 Å². The molecule has 0 amide bonds. The van der Waals surface area contributed by atoms with Gasteiger partial charge in [-0.2, -0.15) is 0 Å². The van der Waals surface area contributed by atoms with Gasteiger partial charge >= 0.3 is 5.97 Å². The molecule has 0 rings (SSSR count). The molecule has 0 aromatic heterocycles. The number of methoxy groups -OCH3 is 1. The molecule has 3 nitrogen and oxygen atoms in total. The minimum atomic E-state index is -0.156. The first-order valence-electron chi connectivity index (χ1n) is 5.44. The Bertz CT molecular complexity index is 157. The fourth-order valence-electron chi connectivity index (χ4n) is 1.35. The van der Waals surface area contributed by atoms with Gasteiger partial charge < -0.3 is 10.1 Å². The molecule has 0 saturated heterocycles. The van der Waals surface area contributed by atoms with Crippen molar-refractivity contribution in [3.63, 3.8) is 0 Å². The van der Waals surface area contributed by atoms with Crippen molar-refractivity contribution in [3.05, 3.63) is 0 Å². The maximum atomic E-state index is 11.3. The Hall–Kier alpha value is -0.570. The zero-order valence-corrected chi connectivity index (χ0v) is 9.80. The van der Waals surface area contributed by atoms with Crippen LogP contribution in [0.25, 0.3) is 0 Å². The van der Waals surface area contributed by atoms with Gasteiger partial charge in [-0.3, -0.25) is 4.79 Å². The quantitative estimate of drug-likeness (QED) is 0.505. The number of unbranched alkanes of at least 4 members (excludes halogenated alkanes) is 2. The van der Waals surface area contributed by atoms with Crippen molar-refractivity contribution in [2.75, 3.05) is 13.7 Å². The smallest absolute Gasteiger partial charge is 0.323 e. The van der Waals surface area contributed by atoms with E-state index in [1.165, 1.54) is 20.0 Å². The van der Waals surface area contributed by atoms with E-state index in [4.69, 9.17) is 4.74 Å². The van der Waals surface area contributed by atoms with E-state index in [0.717, 1.165) is 13.0 Å². The van der Waals surface area contributed by atoms with Gasteiger partial charge in [0.1, 0.15) is 6.04 Å². The molecule has 0 aromatic rings. The summed E-state index contributed by atoms with van der Waals surface area (Å²) in [5, 5.41) is 3.23. The lowest BCUT2D eigenvalue weighted by Gasteiger charge is -2.19. The summed E-state index contributed by atoms with van der Waals surface area (Å²) in [6.07, 6.45) is 3.53. The summed E-state index contributed by atoms with van der Waals surface area (Å²) < 4.78 is 4.73. The fourth-order valence-corrected chi connectivity index (χ4v) is 1.35. The molecule has 0 aliphatic carbocycles. The van der Waals surface area contributed by atoms with E-state index < -0.39 is 0 Å². The molecule has 1 N–H and O–H groups in total. The number of nitrogens with one attached hydrogen (secondary N) is 1. The molecular formula is C11H23NO2. The van der Waals surface area contributed by atoms with Crippen LogP contribution in [-0.2, 0) is 9.53 Å². The minimum absolute atomic E-state index is 0.156. The maximum absolute atomic E-state index is 11.3. The van der Waals surface area contributed by atoms with Gasteiger partial charge in [0.05, 0.1) is 7.11 Å². The summed E-state index contributed by atoms with van der Waals surface area (Å²) in [5.41, 5.74) is 0.